The maximum atomic E-state index is 10.7. The summed E-state index contributed by atoms with van der Waals surface area (Å²) in [7, 11) is 0. The number of ketones is 1. The summed E-state index contributed by atoms with van der Waals surface area (Å²) in [5.41, 5.74) is 0. The Hall–Kier alpha value is 0.140. The predicted octanol–water partition coefficient (Wildman–Crippen LogP) is 1.91. The highest BCUT2D eigenvalue weighted by atomic mass is 127. The average molecular weight is 222 g/mol. The monoisotopic (exact) mass is 222 g/mol. The number of carbonyl (C=O) groups is 1. The van der Waals surface area contributed by atoms with Crippen molar-refractivity contribution < 1.29 is 4.79 Å². The Bertz CT molecular complexity index is 149. The zero-order valence-electron chi connectivity index (χ0n) is 4.65. The van der Waals surface area contributed by atoms with Crippen LogP contribution in [0.2, 0.25) is 0 Å². The van der Waals surface area contributed by atoms with Gasteiger partial charge in [-0.15, -0.1) is 0 Å². The first-order valence-corrected chi connectivity index (χ1v) is 3.68. The van der Waals surface area contributed by atoms with Crippen LogP contribution in [-0.2, 0) is 4.79 Å². The number of halogens is 1. The van der Waals surface area contributed by atoms with Gasteiger partial charge >= 0.3 is 0 Å². The molecular formula is C6H7IO. The van der Waals surface area contributed by atoms with E-state index >= 15 is 0 Å². The lowest BCUT2D eigenvalue weighted by Gasteiger charge is -1.88. The Kier molecular flexibility index (Phi) is 1.70. The quantitative estimate of drug-likeness (QED) is 0.572. The van der Waals surface area contributed by atoms with Crippen LogP contribution < -0.4 is 0 Å². The third kappa shape index (κ3) is 1.10. The second kappa shape index (κ2) is 2.17. The number of allylic oxidation sites excluding steroid dienone is 2. The van der Waals surface area contributed by atoms with Crippen LogP contribution in [0.1, 0.15) is 13.3 Å². The molecule has 0 aliphatic heterocycles. The standard InChI is InChI=1S/C6H7IO/c1-4-2-5(7)6(8)3-4/h2,4H,3H2,1H3/t4-/m0/s1. The molecule has 0 saturated carbocycles. The highest BCUT2D eigenvalue weighted by Gasteiger charge is 2.17. The molecule has 0 fully saturated rings. The zero-order valence-corrected chi connectivity index (χ0v) is 6.81. The second-order valence-electron chi connectivity index (χ2n) is 2.12. The number of hydrogen-bond acceptors (Lipinski definition) is 1. The Morgan fingerprint density at radius 1 is 1.88 bits per heavy atom. The van der Waals surface area contributed by atoms with Gasteiger partial charge < -0.3 is 0 Å². The van der Waals surface area contributed by atoms with E-state index in [1.807, 2.05) is 6.08 Å². The van der Waals surface area contributed by atoms with Crippen molar-refractivity contribution in [3.05, 3.63) is 9.66 Å². The summed E-state index contributed by atoms with van der Waals surface area (Å²) in [4.78, 5) is 10.7. The minimum atomic E-state index is 0.304. The summed E-state index contributed by atoms with van der Waals surface area (Å²) in [5, 5.41) is 0. The minimum Gasteiger partial charge on any atom is -0.294 e. The molecule has 1 aliphatic carbocycles. The largest absolute Gasteiger partial charge is 0.294 e. The fraction of sp³-hybridized carbons (Fsp3) is 0.500. The van der Waals surface area contributed by atoms with E-state index in [2.05, 4.69) is 29.5 Å². The van der Waals surface area contributed by atoms with Crippen molar-refractivity contribution >= 4 is 28.4 Å². The van der Waals surface area contributed by atoms with Gasteiger partial charge in [-0.2, -0.15) is 0 Å². The molecule has 0 unspecified atom stereocenters. The molecule has 0 radical (unpaired) electrons. The molecule has 0 saturated heterocycles. The fourth-order valence-corrected chi connectivity index (χ4v) is 1.63. The predicted molar refractivity (Wildman–Crippen MR) is 40.9 cm³/mol. The molecule has 1 atom stereocenters. The van der Waals surface area contributed by atoms with Crippen molar-refractivity contribution in [3.63, 3.8) is 0 Å². The smallest absolute Gasteiger partial charge is 0.169 e. The van der Waals surface area contributed by atoms with E-state index in [0.717, 1.165) is 10.0 Å². The molecule has 1 nitrogen and oxygen atoms in total. The van der Waals surface area contributed by atoms with Crippen molar-refractivity contribution in [2.45, 2.75) is 13.3 Å². The van der Waals surface area contributed by atoms with E-state index in [1.165, 1.54) is 0 Å². The molecule has 1 aliphatic rings. The molecule has 44 valence electrons. The lowest BCUT2D eigenvalue weighted by atomic mass is 10.2. The summed E-state index contributed by atoms with van der Waals surface area (Å²) in [6.45, 7) is 2.06. The highest BCUT2D eigenvalue weighted by Crippen LogP contribution is 2.24. The maximum Gasteiger partial charge on any atom is 0.169 e. The highest BCUT2D eigenvalue weighted by molar-refractivity contribution is 14.1. The molecule has 0 spiro atoms. The van der Waals surface area contributed by atoms with Gasteiger partial charge in [0.25, 0.3) is 0 Å². The molecule has 0 aromatic rings. The van der Waals surface area contributed by atoms with Gasteiger partial charge in [0.15, 0.2) is 5.78 Å². The van der Waals surface area contributed by atoms with Gasteiger partial charge in [-0.3, -0.25) is 4.79 Å². The minimum absolute atomic E-state index is 0.304. The molecule has 0 N–H and O–H groups in total. The van der Waals surface area contributed by atoms with Crippen molar-refractivity contribution in [3.8, 4) is 0 Å². The Balaban J connectivity index is 2.73. The van der Waals surface area contributed by atoms with E-state index in [-0.39, 0.29) is 0 Å². The first kappa shape index (κ1) is 6.26. The van der Waals surface area contributed by atoms with Gasteiger partial charge in [-0.1, -0.05) is 13.0 Å². The van der Waals surface area contributed by atoms with Crippen LogP contribution in [0.25, 0.3) is 0 Å². The first-order valence-electron chi connectivity index (χ1n) is 2.60. The molecule has 0 aromatic heterocycles. The number of carbonyl (C=O) groups excluding carboxylic acids is 1. The van der Waals surface area contributed by atoms with Gasteiger partial charge in [0.05, 0.1) is 3.58 Å². The Labute approximate surface area is 62.3 Å². The van der Waals surface area contributed by atoms with Gasteiger partial charge in [0, 0.05) is 6.42 Å². The third-order valence-corrected chi connectivity index (χ3v) is 2.17. The van der Waals surface area contributed by atoms with E-state index in [9.17, 15) is 4.79 Å². The molecule has 8 heavy (non-hydrogen) atoms. The molecule has 0 amide bonds. The number of Topliss-reactive ketones (excluding diaryl/α,β-unsaturated/α-hetero) is 1. The van der Waals surface area contributed by atoms with E-state index < -0.39 is 0 Å². The Morgan fingerprint density at radius 3 is 2.62 bits per heavy atom. The lowest BCUT2D eigenvalue weighted by Crippen LogP contribution is -1.91. The molecule has 0 heterocycles. The summed E-state index contributed by atoms with van der Waals surface area (Å²) in [6.07, 6.45) is 2.74. The topological polar surface area (TPSA) is 17.1 Å². The van der Waals surface area contributed by atoms with E-state index in [1.54, 1.807) is 0 Å². The van der Waals surface area contributed by atoms with E-state index in [4.69, 9.17) is 0 Å². The summed E-state index contributed by atoms with van der Waals surface area (Å²) in [5.74, 6) is 0.785. The maximum absolute atomic E-state index is 10.7. The average Bonchev–Trinajstić information content (AvgIpc) is 1.85. The van der Waals surface area contributed by atoms with Crippen LogP contribution in [0.15, 0.2) is 9.66 Å². The number of hydrogen-bond donors (Lipinski definition) is 0. The van der Waals surface area contributed by atoms with Crippen molar-refractivity contribution in [2.24, 2.45) is 5.92 Å². The third-order valence-electron chi connectivity index (χ3n) is 1.20. The van der Waals surface area contributed by atoms with Crippen LogP contribution in [0.3, 0.4) is 0 Å². The van der Waals surface area contributed by atoms with Crippen LogP contribution >= 0.6 is 22.6 Å². The van der Waals surface area contributed by atoms with Crippen molar-refractivity contribution in [2.75, 3.05) is 0 Å². The van der Waals surface area contributed by atoms with Crippen molar-refractivity contribution in [1.82, 2.24) is 0 Å². The zero-order chi connectivity index (χ0) is 6.15. The van der Waals surface area contributed by atoms with Crippen LogP contribution in [0.4, 0.5) is 0 Å². The molecule has 0 bridgehead atoms. The molecule has 0 aromatic carbocycles. The molecule has 1 rings (SSSR count). The van der Waals surface area contributed by atoms with Crippen molar-refractivity contribution in [1.29, 1.82) is 0 Å². The van der Waals surface area contributed by atoms with Gasteiger partial charge in [0.2, 0.25) is 0 Å². The summed E-state index contributed by atoms with van der Waals surface area (Å²) in [6, 6.07) is 0. The summed E-state index contributed by atoms with van der Waals surface area (Å²) >= 11 is 2.08. The SMILES string of the molecule is C[C@H]1C=C(I)C(=O)C1. The van der Waals surface area contributed by atoms with Crippen LogP contribution in [0, 0.1) is 5.92 Å². The summed E-state index contributed by atoms with van der Waals surface area (Å²) < 4.78 is 0.912. The molecule has 2 heteroatoms. The number of rotatable bonds is 0. The van der Waals surface area contributed by atoms with Crippen LogP contribution in [0.5, 0.6) is 0 Å². The first-order chi connectivity index (χ1) is 3.70. The van der Waals surface area contributed by atoms with E-state index in [0.29, 0.717) is 11.7 Å². The Morgan fingerprint density at radius 2 is 2.50 bits per heavy atom. The van der Waals surface area contributed by atoms with Gasteiger partial charge in [0.1, 0.15) is 0 Å². The fourth-order valence-electron chi connectivity index (χ4n) is 0.792. The van der Waals surface area contributed by atoms with Crippen LogP contribution in [-0.4, -0.2) is 5.78 Å². The van der Waals surface area contributed by atoms with Gasteiger partial charge in [-0.05, 0) is 28.5 Å². The second-order valence-corrected chi connectivity index (χ2v) is 3.28. The van der Waals surface area contributed by atoms with Gasteiger partial charge in [-0.25, -0.2) is 0 Å². The molecular weight excluding hydrogens is 215 g/mol. The normalized spacial score (nSPS) is 28.5. The lowest BCUT2D eigenvalue weighted by molar-refractivity contribution is -0.114.